The molecule has 2 aliphatic heterocycles. The van der Waals surface area contributed by atoms with Crippen molar-refractivity contribution in [2.75, 3.05) is 26.2 Å². The van der Waals surface area contributed by atoms with Crippen LogP contribution in [0.2, 0.25) is 0 Å². The summed E-state index contributed by atoms with van der Waals surface area (Å²) in [6, 6.07) is 23.6. The Morgan fingerprint density at radius 2 is 1.74 bits per heavy atom. The molecule has 11 nitrogen and oxygen atoms in total. The fourth-order valence-electron chi connectivity index (χ4n) is 7.82. The number of nitrogens with zero attached hydrogens (tertiary/aromatic N) is 7. The molecule has 0 saturated carbocycles. The molecule has 53 heavy (non-hydrogen) atoms. The van der Waals surface area contributed by atoms with E-state index >= 15 is 0 Å². The smallest absolute Gasteiger partial charge is 0.262 e. The van der Waals surface area contributed by atoms with Gasteiger partial charge in [-0.25, -0.2) is 9.97 Å². The molecule has 2 aromatic carbocycles. The Balaban J connectivity index is 0.923. The minimum atomic E-state index is -1.14. The van der Waals surface area contributed by atoms with E-state index in [-0.39, 0.29) is 36.5 Å². The van der Waals surface area contributed by atoms with Crippen LogP contribution in [0, 0.1) is 12.8 Å². The lowest BCUT2D eigenvalue weighted by atomic mass is 9.79. The van der Waals surface area contributed by atoms with Crippen molar-refractivity contribution >= 4 is 28.3 Å². The van der Waals surface area contributed by atoms with Crippen molar-refractivity contribution in [1.82, 2.24) is 33.9 Å². The SMILES string of the molecule is Cc1ccc(-c2ncc(CN3CCC(C(=O)N4CCC(O)(Cn5cnc6c(ccn6-c6ccc(CO)cc6)c5=O)CC4)C(c4ccccc4)C3)s2)cn1. The molecule has 12 heteroatoms. The second kappa shape index (κ2) is 14.8. The third kappa shape index (κ3) is 7.32. The number of aliphatic hydroxyl groups excluding tert-OH is 1. The normalized spacial score (nSPS) is 19.1. The number of fused-ring (bicyclic) bond motifs is 1. The van der Waals surface area contributed by atoms with Crippen molar-refractivity contribution in [1.29, 1.82) is 0 Å². The van der Waals surface area contributed by atoms with E-state index in [1.165, 1.54) is 15.8 Å². The number of hydrogen-bond donors (Lipinski definition) is 2. The lowest BCUT2D eigenvalue weighted by Crippen LogP contribution is -2.53. The maximum absolute atomic E-state index is 14.2. The molecule has 0 radical (unpaired) electrons. The van der Waals surface area contributed by atoms with Gasteiger partial charge in [-0.3, -0.25) is 24.0 Å². The van der Waals surface area contributed by atoms with Crippen molar-refractivity contribution in [3.8, 4) is 16.3 Å². The van der Waals surface area contributed by atoms with Gasteiger partial charge in [0.15, 0.2) is 5.65 Å². The molecule has 2 saturated heterocycles. The van der Waals surface area contributed by atoms with Crippen molar-refractivity contribution in [3.63, 3.8) is 0 Å². The van der Waals surface area contributed by atoms with E-state index in [9.17, 15) is 19.8 Å². The average molecular weight is 730 g/mol. The van der Waals surface area contributed by atoms with E-state index in [0.29, 0.717) is 37.0 Å². The van der Waals surface area contributed by atoms with Crippen LogP contribution in [0.25, 0.3) is 27.3 Å². The monoisotopic (exact) mass is 729 g/mol. The number of carbonyl (C=O) groups excluding carboxylic acids is 1. The maximum atomic E-state index is 14.2. The molecule has 0 spiro atoms. The molecule has 272 valence electrons. The summed E-state index contributed by atoms with van der Waals surface area (Å²) >= 11 is 1.69. The van der Waals surface area contributed by atoms with Crippen molar-refractivity contribution < 1.29 is 15.0 Å². The summed E-state index contributed by atoms with van der Waals surface area (Å²) in [5.74, 6) is 0.0259. The lowest BCUT2D eigenvalue weighted by molar-refractivity contribution is -0.142. The van der Waals surface area contributed by atoms with E-state index in [2.05, 4.69) is 38.1 Å². The number of aliphatic hydroxyl groups is 2. The van der Waals surface area contributed by atoms with E-state index in [1.54, 1.807) is 17.4 Å². The van der Waals surface area contributed by atoms with Gasteiger partial charge in [0.25, 0.3) is 5.56 Å². The molecular formula is C41H43N7O4S. The standard InChI is InChI=1S/C41H43N7O4S/c1-28-7-10-31(21-42-28)38-43-22-33(53-38)23-45-17-13-34(36(24-45)30-5-3-2-4-6-30)39(50)46-19-15-41(52,16-20-46)26-47-27-44-37-35(40(47)51)14-18-48(37)32-11-8-29(25-49)9-12-32/h2-12,14,18,21-22,27,34,36,49,52H,13,15-17,19-20,23-26H2,1H3. The largest absolute Gasteiger partial charge is 0.392 e. The summed E-state index contributed by atoms with van der Waals surface area (Å²) < 4.78 is 3.33. The maximum Gasteiger partial charge on any atom is 0.262 e. The number of amides is 1. The van der Waals surface area contributed by atoms with Gasteiger partial charge >= 0.3 is 0 Å². The van der Waals surface area contributed by atoms with Gasteiger partial charge < -0.3 is 19.7 Å². The number of thiazole rings is 1. The molecule has 2 N–H and O–H groups in total. The molecule has 6 aromatic rings. The van der Waals surface area contributed by atoms with Crippen LogP contribution in [0.3, 0.4) is 0 Å². The average Bonchev–Trinajstić information content (AvgIpc) is 3.85. The molecule has 0 aliphatic carbocycles. The van der Waals surface area contributed by atoms with Crippen LogP contribution in [0.15, 0.2) is 103 Å². The lowest BCUT2D eigenvalue weighted by Gasteiger charge is -2.43. The van der Waals surface area contributed by atoms with Crippen molar-refractivity contribution in [3.05, 3.63) is 130 Å². The molecule has 2 fully saturated rings. The van der Waals surface area contributed by atoms with Crippen LogP contribution >= 0.6 is 11.3 Å². The number of pyridine rings is 1. The first-order valence-corrected chi connectivity index (χ1v) is 19.0. The zero-order valence-electron chi connectivity index (χ0n) is 29.7. The Morgan fingerprint density at radius 3 is 2.47 bits per heavy atom. The summed E-state index contributed by atoms with van der Waals surface area (Å²) in [6.45, 7) is 5.26. The molecule has 2 unspecified atom stereocenters. The Morgan fingerprint density at radius 1 is 0.943 bits per heavy atom. The fraction of sp³-hybridized carbons (Fsp3) is 0.341. The number of rotatable bonds is 9. The third-order valence-corrected chi connectivity index (χ3v) is 11.9. The van der Waals surface area contributed by atoms with Crippen LogP contribution in [0.5, 0.6) is 0 Å². The molecule has 1 amide bonds. The third-order valence-electron chi connectivity index (χ3n) is 10.9. The zero-order valence-corrected chi connectivity index (χ0v) is 30.5. The minimum Gasteiger partial charge on any atom is -0.392 e. The molecule has 0 bridgehead atoms. The summed E-state index contributed by atoms with van der Waals surface area (Å²) in [6.07, 6.45) is 8.65. The molecular weight excluding hydrogens is 687 g/mol. The number of carbonyl (C=O) groups is 1. The highest BCUT2D eigenvalue weighted by molar-refractivity contribution is 7.15. The molecule has 4 aromatic heterocycles. The first kappa shape index (κ1) is 35.0. The summed E-state index contributed by atoms with van der Waals surface area (Å²) in [5, 5.41) is 22.5. The van der Waals surface area contributed by atoms with E-state index in [4.69, 9.17) is 0 Å². The van der Waals surface area contributed by atoms with Gasteiger partial charge in [-0.15, -0.1) is 11.3 Å². The molecule has 2 atom stereocenters. The molecule has 6 heterocycles. The predicted molar refractivity (Wildman–Crippen MR) is 205 cm³/mol. The van der Waals surface area contributed by atoms with Gasteiger partial charge in [0, 0.05) is 78.4 Å². The topological polar surface area (TPSA) is 130 Å². The number of piperidine rings is 2. The number of aromatic nitrogens is 5. The first-order valence-electron chi connectivity index (χ1n) is 18.2. The van der Waals surface area contributed by atoms with Crippen LogP contribution in [-0.4, -0.2) is 81.8 Å². The second-order valence-corrected chi connectivity index (χ2v) is 15.6. The summed E-state index contributed by atoms with van der Waals surface area (Å²) in [7, 11) is 0. The molecule has 8 rings (SSSR count). The summed E-state index contributed by atoms with van der Waals surface area (Å²) in [4.78, 5) is 47.0. The highest BCUT2D eigenvalue weighted by atomic mass is 32.1. The van der Waals surface area contributed by atoms with Gasteiger partial charge in [0.1, 0.15) is 11.3 Å². The van der Waals surface area contributed by atoms with Crippen LogP contribution in [0.4, 0.5) is 0 Å². The predicted octanol–water partition coefficient (Wildman–Crippen LogP) is 5.17. The number of aryl methyl sites for hydroxylation is 1. The highest BCUT2D eigenvalue weighted by Crippen LogP contribution is 2.37. The van der Waals surface area contributed by atoms with E-state index in [0.717, 1.165) is 59.1 Å². The number of hydrogen-bond acceptors (Lipinski definition) is 9. The van der Waals surface area contributed by atoms with Gasteiger partial charge in [0.2, 0.25) is 5.91 Å². The van der Waals surface area contributed by atoms with E-state index < -0.39 is 5.60 Å². The van der Waals surface area contributed by atoms with Crippen molar-refractivity contribution in [2.24, 2.45) is 5.92 Å². The van der Waals surface area contributed by atoms with Gasteiger partial charge in [0.05, 0.1) is 24.1 Å². The summed E-state index contributed by atoms with van der Waals surface area (Å²) in [5.41, 5.74) is 3.99. The van der Waals surface area contributed by atoms with E-state index in [1.807, 2.05) is 83.5 Å². The van der Waals surface area contributed by atoms with Crippen LogP contribution < -0.4 is 5.56 Å². The molecule has 2 aliphatic rings. The number of likely N-dealkylation sites (tertiary alicyclic amines) is 2. The Kier molecular flexibility index (Phi) is 9.78. The Hall–Kier alpha value is -5.01. The van der Waals surface area contributed by atoms with Crippen LogP contribution in [-0.2, 0) is 24.5 Å². The van der Waals surface area contributed by atoms with Crippen LogP contribution in [0.1, 0.15) is 46.9 Å². The van der Waals surface area contributed by atoms with Crippen molar-refractivity contribution in [2.45, 2.75) is 57.4 Å². The minimum absolute atomic E-state index is 0.0398. The van der Waals surface area contributed by atoms with Gasteiger partial charge in [-0.1, -0.05) is 42.5 Å². The van der Waals surface area contributed by atoms with Gasteiger partial charge in [-0.2, -0.15) is 0 Å². The Labute approximate surface area is 311 Å². The quantitative estimate of drug-likeness (QED) is 0.209. The highest BCUT2D eigenvalue weighted by Gasteiger charge is 2.41. The Bertz CT molecular complexity index is 2260. The zero-order chi connectivity index (χ0) is 36.5. The first-order chi connectivity index (χ1) is 25.8. The van der Waals surface area contributed by atoms with Gasteiger partial charge in [-0.05, 0) is 74.2 Å². The number of benzene rings is 2. The second-order valence-electron chi connectivity index (χ2n) is 14.4. The fourth-order valence-corrected chi connectivity index (χ4v) is 8.76.